The molecule has 112 valence electrons. The third-order valence-electron chi connectivity index (χ3n) is 3.09. The van der Waals surface area contributed by atoms with Crippen molar-refractivity contribution in [2.24, 2.45) is 0 Å². The molecule has 1 aromatic rings. The lowest BCUT2D eigenvalue weighted by atomic mass is 10.1. The highest BCUT2D eigenvalue weighted by atomic mass is 32.2. The summed E-state index contributed by atoms with van der Waals surface area (Å²) < 4.78 is 24.5. The SMILES string of the molecule is CCC(C)NC(=O)c1ccc(N(CC)S(C)(=O)=O)cc1. The van der Waals surface area contributed by atoms with E-state index >= 15 is 0 Å². The van der Waals surface area contributed by atoms with Gasteiger partial charge in [-0.3, -0.25) is 9.10 Å². The van der Waals surface area contributed by atoms with Gasteiger partial charge in [0.15, 0.2) is 0 Å². The zero-order valence-electron chi connectivity index (χ0n) is 12.4. The van der Waals surface area contributed by atoms with E-state index in [0.29, 0.717) is 17.8 Å². The summed E-state index contributed by atoms with van der Waals surface area (Å²) in [5.41, 5.74) is 1.09. The van der Waals surface area contributed by atoms with Crippen LogP contribution >= 0.6 is 0 Å². The number of carbonyl (C=O) groups excluding carboxylic acids is 1. The molecule has 1 amide bonds. The van der Waals surface area contributed by atoms with Gasteiger partial charge < -0.3 is 5.32 Å². The molecule has 20 heavy (non-hydrogen) atoms. The molecule has 0 radical (unpaired) electrons. The molecule has 5 nitrogen and oxygen atoms in total. The van der Waals surface area contributed by atoms with E-state index in [0.717, 1.165) is 6.42 Å². The summed E-state index contributed by atoms with van der Waals surface area (Å²) in [5.74, 6) is -0.145. The molecular weight excluding hydrogens is 276 g/mol. The Bertz CT molecular complexity index is 552. The van der Waals surface area contributed by atoms with Crippen molar-refractivity contribution in [3.8, 4) is 0 Å². The lowest BCUT2D eigenvalue weighted by molar-refractivity contribution is 0.0939. The third kappa shape index (κ3) is 4.23. The van der Waals surface area contributed by atoms with Gasteiger partial charge in [0.05, 0.1) is 11.9 Å². The molecule has 1 rings (SSSR count). The second kappa shape index (κ2) is 6.74. The van der Waals surface area contributed by atoms with Crippen molar-refractivity contribution in [1.82, 2.24) is 5.32 Å². The van der Waals surface area contributed by atoms with Crippen LogP contribution in [0, 0.1) is 0 Å². The van der Waals surface area contributed by atoms with Gasteiger partial charge in [-0.2, -0.15) is 0 Å². The van der Waals surface area contributed by atoms with E-state index in [2.05, 4.69) is 5.32 Å². The first kappa shape index (κ1) is 16.5. The number of hydrogen-bond acceptors (Lipinski definition) is 3. The maximum atomic E-state index is 11.9. The Hall–Kier alpha value is -1.56. The summed E-state index contributed by atoms with van der Waals surface area (Å²) in [4.78, 5) is 11.9. The van der Waals surface area contributed by atoms with Gasteiger partial charge in [-0.15, -0.1) is 0 Å². The molecule has 0 aliphatic carbocycles. The summed E-state index contributed by atoms with van der Waals surface area (Å²) in [6.45, 7) is 6.07. The maximum absolute atomic E-state index is 11.9. The number of anilines is 1. The van der Waals surface area contributed by atoms with Crippen LogP contribution in [-0.4, -0.2) is 33.2 Å². The maximum Gasteiger partial charge on any atom is 0.251 e. The molecule has 1 atom stereocenters. The topological polar surface area (TPSA) is 66.5 Å². The van der Waals surface area contributed by atoms with Crippen LogP contribution in [0.4, 0.5) is 5.69 Å². The van der Waals surface area contributed by atoms with E-state index < -0.39 is 10.0 Å². The zero-order chi connectivity index (χ0) is 15.3. The first-order valence-electron chi connectivity index (χ1n) is 6.68. The standard InChI is InChI=1S/C14H22N2O3S/c1-5-11(3)15-14(17)12-7-9-13(10-8-12)16(6-2)20(4,18)19/h7-11H,5-6H2,1-4H3,(H,15,17). The number of benzene rings is 1. The van der Waals surface area contributed by atoms with Gasteiger partial charge in [-0.1, -0.05) is 6.92 Å². The molecule has 1 unspecified atom stereocenters. The molecule has 0 saturated heterocycles. The van der Waals surface area contributed by atoms with Crippen LogP contribution in [-0.2, 0) is 10.0 Å². The molecular formula is C14H22N2O3S. The molecule has 1 N–H and O–H groups in total. The predicted molar refractivity (Wildman–Crippen MR) is 81.5 cm³/mol. The highest BCUT2D eigenvalue weighted by molar-refractivity contribution is 7.92. The average Bonchev–Trinajstić information content (AvgIpc) is 2.38. The van der Waals surface area contributed by atoms with Crippen molar-refractivity contribution in [1.29, 1.82) is 0 Å². The minimum absolute atomic E-state index is 0.116. The van der Waals surface area contributed by atoms with E-state index in [4.69, 9.17) is 0 Å². The Morgan fingerprint density at radius 2 is 1.80 bits per heavy atom. The van der Waals surface area contributed by atoms with Crippen molar-refractivity contribution in [2.45, 2.75) is 33.2 Å². The number of carbonyl (C=O) groups is 1. The summed E-state index contributed by atoms with van der Waals surface area (Å²) >= 11 is 0. The second-order valence-electron chi connectivity index (χ2n) is 4.76. The Kier molecular flexibility index (Phi) is 5.56. The number of amides is 1. The highest BCUT2D eigenvalue weighted by Gasteiger charge is 2.16. The van der Waals surface area contributed by atoms with Crippen LogP contribution in [0.2, 0.25) is 0 Å². The fourth-order valence-corrected chi connectivity index (χ4v) is 2.77. The van der Waals surface area contributed by atoms with Crippen molar-refractivity contribution < 1.29 is 13.2 Å². The van der Waals surface area contributed by atoms with E-state index in [9.17, 15) is 13.2 Å². The van der Waals surface area contributed by atoms with Crippen LogP contribution in [0.5, 0.6) is 0 Å². The lowest BCUT2D eigenvalue weighted by Gasteiger charge is -2.20. The molecule has 6 heteroatoms. The van der Waals surface area contributed by atoms with E-state index in [1.165, 1.54) is 10.6 Å². The number of hydrogen-bond donors (Lipinski definition) is 1. The minimum atomic E-state index is -3.29. The summed E-state index contributed by atoms with van der Waals surface area (Å²) in [7, 11) is -3.29. The van der Waals surface area contributed by atoms with Crippen LogP contribution in [0.15, 0.2) is 24.3 Å². The molecule has 0 heterocycles. The van der Waals surface area contributed by atoms with Gasteiger partial charge in [0, 0.05) is 18.2 Å². The normalized spacial score (nSPS) is 12.8. The van der Waals surface area contributed by atoms with Gasteiger partial charge in [0.25, 0.3) is 5.91 Å². The first-order chi connectivity index (χ1) is 9.29. The van der Waals surface area contributed by atoms with Crippen LogP contribution in [0.3, 0.4) is 0 Å². The van der Waals surface area contributed by atoms with Gasteiger partial charge in [-0.25, -0.2) is 8.42 Å². The fourth-order valence-electron chi connectivity index (χ4n) is 1.80. The van der Waals surface area contributed by atoms with Gasteiger partial charge in [-0.05, 0) is 44.5 Å². The van der Waals surface area contributed by atoms with E-state index in [1.54, 1.807) is 31.2 Å². The molecule has 0 bridgehead atoms. The number of sulfonamides is 1. The van der Waals surface area contributed by atoms with E-state index in [1.807, 2.05) is 13.8 Å². The molecule has 0 aliphatic heterocycles. The number of nitrogens with one attached hydrogen (secondary N) is 1. The third-order valence-corrected chi connectivity index (χ3v) is 4.36. The fraction of sp³-hybridized carbons (Fsp3) is 0.500. The molecule has 0 aliphatic rings. The van der Waals surface area contributed by atoms with Crippen molar-refractivity contribution in [2.75, 3.05) is 17.1 Å². The Labute approximate surface area is 121 Å². The minimum Gasteiger partial charge on any atom is -0.350 e. The zero-order valence-corrected chi connectivity index (χ0v) is 13.2. The van der Waals surface area contributed by atoms with Crippen molar-refractivity contribution in [3.63, 3.8) is 0 Å². The monoisotopic (exact) mass is 298 g/mol. The molecule has 0 spiro atoms. The first-order valence-corrected chi connectivity index (χ1v) is 8.53. The van der Waals surface area contributed by atoms with Gasteiger partial charge in [0.2, 0.25) is 10.0 Å². The molecule has 0 aromatic heterocycles. The molecule has 0 saturated carbocycles. The number of rotatable bonds is 6. The van der Waals surface area contributed by atoms with Crippen LogP contribution < -0.4 is 9.62 Å². The quantitative estimate of drug-likeness (QED) is 0.873. The summed E-state index contributed by atoms with van der Waals surface area (Å²) in [5, 5.41) is 2.87. The van der Waals surface area contributed by atoms with Crippen LogP contribution in [0.25, 0.3) is 0 Å². The van der Waals surface area contributed by atoms with Crippen molar-refractivity contribution in [3.05, 3.63) is 29.8 Å². The lowest BCUT2D eigenvalue weighted by Crippen LogP contribution is -2.32. The summed E-state index contributed by atoms with van der Waals surface area (Å²) in [6.07, 6.45) is 2.03. The van der Waals surface area contributed by atoms with Crippen LogP contribution in [0.1, 0.15) is 37.6 Å². The summed E-state index contributed by atoms with van der Waals surface area (Å²) in [6, 6.07) is 6.69. The van der Waals surface area contributed by atoms with Gasteiger partial charge in [0.1, 0.15) is 0 Å². The van der Waals surface area contributed by atoms with E-state index in [-0.39, 0.29) is 11.9 Å². The van der Waals surface area contributed by atoms with Crippen molar-refractivity contribution >= 4 is 21.6 Å². The predicted octanol–water partition coefficient (Wildman–Crippen LogP) is 2.00. The second-order valence-corrected chi connectivity index (χ2v) is 6.66. The highest BCUT2D eigenvalue weighted by Crippen LogP contribution is 2.18. The Morgan fingerprint density at radius 3 is 2.20 bits per heavy atom. The Balaban J connectivity index is 2.91. The smallest absolute Gasteiger partial charge is 0.251 e. The molecule has 1 aromatic carbocycles. The largest absolute Gasteiger partial charge is 0.350 e. The van der Waals surface area contributed by atoms with Gasteiger partial charge >= 0.3 is 0 Å². The number of nitrogens with zero attached hydrogens (tertiary/aromatic N) is 1. The molecule has 0 fully saturated rings. The Morgan fingerprint density at radius 1 is 1.25 bits per heavy atom. The average molecular weight is 298 g/mol.